The zero-order valence-electron chi connectivity index (χ0n) is 14.2. The highest BCUT2D eigenvalue weighted by atomic mass is 19.4. The van der Waals surface area contributed by atoms with Crippen LogP contribution in [0.4, 0.5) is 13.2 Å². The van der Waals surface area contributed by atoms with Gasteiger partial charge in [0.05, 0.1) is 17.7 Å². The molecular formula is C15H23F3N4O2. The minimum Gasteiger partial charge on any atom is -0.476 e. The van der Waals surface area contributed by atoms with Crippen LogP contribution in [0, 0.1) is 0 Å². The lowest BCUT2D eigenvalue weighted by atomic mass is 10.1. The zero-order chi connectivity index (χ0) is 18.2. The van der Waals surface area contributed by atoms with Gasteiger partial charge in [-0.1, -0.05) is 0 Å². The first kappa shape index (κ1) is 20.0. The lowest BCUT2D eigenvalue weighted by Gasteiger charge is -2.24. The van der Waals surface area contributed by atoms with Gasteiger partial charge in [-0.25, -0.2) is 4.98 Å². The Morgan fingerprint density at radius 2 is 1.96 bits per heavy atom. The van der Waals surface area contributed by atoms with E-state index in [0.29, 0.717) is 19.0 Å². The van der Waals surface area contributed by atoms with Crippen molar-refractivity contribution in [2.45, 2.75) is 25.6 Å². The van der Waals surface area contributed by atoms with Crippen molar-refractivity contribution >= 4 is 5.96 Å². The molecule has 0 unspecified atom stereocenters. The van der Waals surface area contributed by atoms with Crippen LogP contribution in [0.25, 0.3) is 0 Å². The maximum atomic E-state index is 12.4. The number of guanidine groups is 1. The first-order valence-electron chi connectivity index (χ1n) is 7.33. The second-order valence-electron chi connectivity index (χ2n) is 5.55. The smallest absolute Gasteiger partial charge is 0.417 e. The van der Waals surface area contributed by atoms with E-state index in [4.69, 9.17) is 9.47 Å². The maximum Gasteiger partial charge on any atom is 0.417 e. The molecule has 0 spiro atoms. The Balaban J connectivity index is 2.34. The summed E-state index contributed by atoms with van der Waals surface area (Å²) in [6, 6.07) is 2.13. The summed E-state index contributed by atoms with van der Waals surface area (Å²) in [6.07, 6.45) is -3.66. The first-order valence-corrected chi connectivity index (χ1v) is 7.33. The fourth-order valence-corrected chi connectivity index (χ4v) is 1.55. The van der Waals surface area contributed by atoms with E-state index in [-0.39, 0.29) is 18.1 Å². The van der Waals surface area contributed by atoms with E-state index >= 15 is 0 Å². The molecule has 9 heteroatoms. The Hall–Kier alpha value is -2.03. The van der Waals surface area contributed by atoms with Crippen LogP contribution in [0.15, 0.2) is 23.3 Å². The molecule has 0 aliphatic carbocycles. The number of nitrogens with zero attached hydrogens (tertiary/aromatic N) is 2. The van der Waals surface area contributed by atoms with E-state index in [1.165, 1.54) is 6.07 Å². The molecule has 0 radical (unpaired) electrons. The van der Waals surface area contributed by atoms with Crippen LogP contribution in [0.5, 0.6) is 5.88 Å². The van der Waals surface area contributed by atoms with Crippen molar-refractivity contribution in [3.05, 3.63) is 23.9 Å². The van der Waals surface area contributed by atoms with E-state index in [9.17, 15) is 13.2 Å². The van der Waals surface area contributed by atoms with Gasteiger partial charge >= 0.3 is 6.18 Å². The average Bonchev–Trinajstić information content (AvgIpc) is 2.54. The number of aliphatic imine (C=N–C) groups is 1. The number of pyridine rings is 1. The van der Waals surface area contributed by atoms with Gasteiger partial charge < -0.3 is 20.1 Å². The van der Waals surface area contributed by atoms with Gasteiger partial charge in [-0.3, -0.25) is 4.99 Å². The minimum absolute atomic E-state index is 0.133. The van der Waals surface area contributed by atoms with Gasteiger partial charge in [0.25, 0.3) is 0 Å². The van der Waals surface area contributed by atoms with E-state index in [1.807, 2.05) is 13.8 Å². The van der Waals surface area contributed by atoms with E-state index in [0.717, 1.165) is 12.3 Å². The Bertz CT molecular complexity index is 531. The molecule has 1 aromatic heterocycles. The van der Waals surface area contributed by atoms with Crippen molar-refractivity contribution in [3.63, 3.8) is 0 Å². The van der Waals surface area contributed by atoms with Crippen molar-refractivity contribution in [3.8, 4) is 5.88 Å². The van der Waals surface area contributed by atoms with Crippen LogP contribution in [-0.4, -0.2) is 50.4 Å². The normalized spacial score (nSPS) is 12.9. The number of alkyl halides is 3. The molecule has 1 rings (SSSR count). The number of aromatic nitrogens is 1. The summed E-state index contributed by atoms with van der Waals surface area (Å²) < 4.78 is 47.8. The summed E-state index contributed by atoms with van der Waals surface area (Å²) in [5.41, 5.74) is -1.14. The van der Waals surface area contributed by atoms with E-state index in [1.54, 1.807) is 14.2 Å². The number of ether oxygens (including phenoxy) is 2. The van der Waals surface area contributed by atoms with Crippen LogP contribution >= 0.6 is 0 Å². The van der Waals surface area contributed by atoms with Crippen LogP contribution in [0.2, 0.25) is 0 Å². The van der Waals surface area contributed by atoms with Crippen molar-refractivity contribution in [1.29, 1.82) is 0 Å². The molecule has 1 aromatic rings. The molecule has 1 heterocycles. The summed E-state index contributed by atoms with van der Waals surface area (Å²) in [5, 5.41) is 6.12. The highest BCUT2D eigenvalue weighted by Gasteiger charge is 2.30. The number of hydrogen-bond donors (Lipinski definition) is 2. The van der Waals surface area contributed by atoms with Crippen LogP contribution in [0.1, 0.15) is 19.4 Å². The van der Waals surface area contributed by atoms with Crippen molar-refractivity contribution in [2.24, 2.45) is 4.99 Å². The average molecular weight is 348 g/mol. The van der Waals surface area contributed by atoms with Crippen LogP contribution in [-0.2, 0) is 10.9 Å². The molecular weight excluding hydrogens is 325 g/mol. The fraction of sp³-hybridized carbons (Fsp3) is 0.600. The van der Waals surface area contributed by atoms with Gasteiger partial charge in [0.1, 0.15) is 6.61 Å². The van der Waals surface area contributed by atoms with Crippen LogP contribution < -0.4 is 15.4 Å². The lowest BCUT2D eigenvalue weighted by molar-refractivity contribution is -0.137. The molecule has 24 heavy (non-hydrogen) atoms. The molecule has 0 saturated carbocycles. The molecule has 136 valence electrons. The third kappa shape index (κ3) is 7.03. The van der Waals surface area contributed by atoms with Crippen molar-refractivity contribution < 1.29 is 22.6 Å². The van der Waals surface area contributed by atoms with Gasteiger partial charge in [-0.05, 0) is 19.9 Å². The Kier molecular flexibility index (Phi) is 7.27. The minimum atomic E-state index is -4.40. The maximum absolute atomic E-state index is 12.4. The number of halogens is 3. The molecule has 0 aliphatic heterocycles. The summed E-state index contributed by atoms with van der Waals surface area (Å²) >= 11 is 0. The first-order chi connectivity index (χ1) is 11.2. The third-order valence-corrected chi connectivity index (χ3v) is 3.17. The van der Waals surface area contributed by atoms with Crippen molar-refractivity contribution in [1.82, 2.24) is 15.6 Å². The molecule has 6 nitrogen and oxygen atoms in total. The summed E-state index contributed by atoms with van der Waals surface area (Å²) in [4.78, 5) is 7.68. The summed E-state index contributed by atoms with van der Waals surface area (Å²) in [5.74, 6) is 0.706. The predicted molar refractivity (Wildman–Crippen MR) is 85.2 cm³/mol. The van der Waals surface area contributed by atoms with Crippen molar-refractivity contribution in [2.75, 3.05) is 33.9 Å². The van der Waals surface area contributed by atoms with Gasteiger partial charge in [0.2, 0.25) is 5.88 Å². The zero-order valence-corrected chi connectivity index (χ0v) is 14.2. The Morgan fingerprint density at radius 1 is 1.25 bits per heavy atom. The highest BCUT2D eigenvalue weighted by Crippen LogP contribution is 2.29. The van der Waals surface area contributed by atoms with Gasteiger partial charge in [-0.15, -0.1) is 0 Å². The second-order valence-corrected chi connectivity index (χ2v) is 5.55. The second kappa shape index (κ2) is 8.72. The molecule has 0 aromatic carbocycles. The van der Waals surface area contributed by atoms with E-state index in [2.05, 4.69) is 20.6 Å². The molecule has 2 N–H and O–H groups in total. The highest BCUT2D eigenvalue weighted by molar-refractivity contribution is 5.79. The molecule has 0 aliphatic rings. The Labute approximate surface area is 139 Å². The quantitative estimate of drug-likeness (QED) is 0.449. The number of nitrogens with one attached hydrogen (secondary N) is 2. The van der Waals surface area contributed by atoms with Crippen LogP contribution in [0.3, 0.4) is 0 Å². The number of rotatable bonds is 7. The molecule has 0 bridgehead atoms. The fourth-order valence-electron chi connectivity index (χ4n) is 1.55. The Morgan fingerprint density at radius 3 is 2.46 bits per heavy atom. The van der Waals surface area contributed by atoms with Gasteiger partial charge in [0.15, 0.2) is 5.96 Å². The topological polar surface area (TPSA) is 67.8 Å². The molecule has 0 fully saturated rings. The predicted octanol–water partition coefficient (Wildman–Crippen LogP) is 2.07. The van der Waals surface area contributed by atoms with Gasteiger partial charge in [0, 0.05) is 33.0 Å². The standard InChI is InChI=1S/C15H23F3N4O2/c1-14(2,23-4)10-22-13(19-3)20-7-8-24-12-6-5-11(9-21-12)15(16,17)18/h5-6,9H,7-8,10H2,1-4H3,(H2,19,20,22). The SMILES string of the molecule is CN=C(NCCOc1ccc(C(F)(F)F)cn1)NCC(C)(C)OC. The third-order valence-electron chi connectivity index (χ3n) is 3.17. The molecule has 0 atom stereocenters. The van der Waals surface area contributed by atoms with E-state index < -0.39 is 11.7 Å². The molecule has 0 saturated heterocycles. The number of hydrogen-bond acceptors (Lipinski definition) is 4. The largest absolute Gasteiger partial charge is 0.476 e. The monoisotopic (exact) mass is 348 g/mol. The summed E-state index contributed by atoms with van der Waals surface area (Å²) in [7, 11) is 3.26. The van der Waals surface area contributed by atoms with Gasteiger partial charge in [-0.2, -0.15) is 13.2 Å². The number of methoxy groups -OCH3 is 1. The summed E-state index contributed by atoms with van der Waals surface area (Å²) in [6.45, 7) is 5.08. The lowest BCUT2D eigenvalue weighted by Crippen LogP contribution is -2.46. The molecule has 0 amide bonds.